The van der Waals surface area contributed by atoms with Gasteiger partial charge in [-0.05, 0) is 108 Å². The average Bonchev–Trinajstić information content (AvgIpc) is 3.12. The zero-order chi connectivity index (χ0) is 32.2. The van der Waals surface area contributed by atoms with E-state index in [0.717, 1.165) is 62.3 Å². The molecule has 228 valence electrons. The highest BCUT2D eigenvalue weighted by molar-refractivity contribution is 7.00. The zero-order valence-electron chi connectivity index (χ0n) is 26.7. The standard InChI is InChI=1S/C42H31BN4O/c1-28-24-29(2)42(45-27-28)30-19-21-36-34(25-30)43-35-26-33(48-40-18-9-10-23-44-40)20-22-37(35)47(32-14-7-4-8-15-32)39-17-11-16-38(41(39)43)46(36)31-12-5-3-6-13-31/h3-27H,1-2H3. The fourth-order valence-corrected chi connectivity index (χ4v) is 7.39. The Morgan fingerprint density at radius 1 is 0.562 bits per heavy atom. The van der Waals surface area contributed by atoms with Crippen LogP contribution in [0.5, 0.6) is 11.6 Å². The lowest BCUT2D eigenvalue weighted by atomic mass is 9.33. The molecule has 6 heteroatoms. The van der Waals surface area contributed by atoms with E-state index in [1.807, 2.05) is 30.5 Å². The second-order valence-electron chi connectivity index (χ2n) is 12.4. The molecule has 0 spiro atoms. The minimum atomic E-state index is -0.0564. The van der Waals surface area contributed by atoms with Crippen LogP contribution >= 0.6 is 0 Å². The molecule has 0 aliphatic carbocycles. The Hall–Kier alpha value is -6.14. The van der Waals surface area contributed by atoms with Gasteiger partial charge in [-0.3, -0.25) is 4.98 Å². The number of benzene rings is 5. The molecule has 4 heterocycles. The molecular formula is C42H31BN4O. The van der Waals surface area contributed by atoms with E-state index < -0.39 is 0 Å². The van der Waals surface area contributed by atoms with Crippen molar-refractivity contribution in [3.63, 3.8) is 0 Å². The van der Waals surface area contributed by atoms with Crippen LogP contribution < -0.4 is 30.9 Å². The van der Waals surface area contributed by atoms with E-state index in [4.69, 9.17) is 9.72 Å². The van der Waals surface area contributed by atoms with Gasteiger partial charge in [-0.25, -0.2) is 4.98 Å². The molecule has 0 saturated carbocycles. The molecule has 0 atom stereocenters. The van der Waals surface area contributed by atoms with Crippen molar-refractivity contribution < 1.29 is 4.74 Å². The summed E-state index contributed by atoms with van der Waals surface area (Å²) in [4.78, 5) is 14.1. The van der Waals surface area contributed by atoms with Crippen molar-refractivity contribution in [2.75, 3.05) is 9.80 Å². The number of nitrogens with zero attached hydrogens (tertiary/aromatic N) is 4. The van der Waals surface area contributed by atoms with Gasteiger partial charge in [-0.1, -0.05) is 66.7 Å². The first-order valence-electron chi connectivity index (χ1n) is 16.3. The molecule has 2 aliphatic heterocycles. The molecule has 7 aromatic rings. The summed E-state index contributed by atoms with van der Waals surface area (Å²) in [6.45, 7) is 4.18. The molecule has 9 rings (SSSR count). The third-order valence-electron chi connectivity index (χ3n) is 9.34. The van der Waals surface area contributed by atoms with Gasteiger partial charge < -0.3 is 14.5 Å². The van der Waals surface area contributed by atoms with Gasteiger partial charge in [-0.15, -0.1) is 0 Å². The summed E-state index contributed by atoms with van der Waals surface area (Å²) >= 11 is 0. The molecule has 5 aromatic carbocycles. The van der Waals surface area contributed by atoms with Crippen LogP contribution in [0.3, 0.4) is 0 Å². The van der Waals surface area contributed by atoms with Crippen LogP contribution in [0.15, 0.2) is 152 Å². The lowest BCUT2D eigenvalue weighted by molar-refractivity contribution is 0.463. The third kappa shape index (κ3) is 4.56. The summed E-state index contributed by atoms with van der Waals surface area (Å²) in [7, 11) is 0. The molecule has 0 bridgehead atoms. The van der Waals surface area contributed by atoms with E-state index in [2.05, 4.69) is 144 Å². The summed E-state index contributed by atoms with van der Waals surface area (Å²) in [5, 5.41) is 0. The first kappa shape index (κ1) is 28.1. The second kappa shape index (κ2) is 11.3. The first-order chi connectivity index (χ1) is 23.6. The van der Waals surface area contributed by atoms with Crippen molar-refractivity contribution >= 4 is 57.2 Å². The number of pyridine rings is 2. The van der Waals surface area contributed by atoms with Gasteiger partial charge in [0.25, 0.3) is 6.71 Å². The summed E-state index contributed by atoms with van der Waals surface area (Å²) in [5.74, 6) is 1.32. The molecule has 0 amide bonds. The van der Waals surface area contributed by atoms with Crippen LogP contribution in [-0.4, -0.2) is 16.7 Å². The van der Waals surface area contributed by atoms with Crippen molar-refractivity contribution in [2.24, 2.45) is 0 Å². The predicted molar refractivity (Wildman–Crippen MR) is 197 cm³/mol. The Bertz CT molecular complexity index is 2300. The number of hydrogen-bond donors (Lipinski definition) is 0. The average molecular weight is 619 g/mol. The highest BCUT2D eigenvalue weighted by Crippen LogP contribution is 2.44. The normalized spacial score (nSPS) is 12.7. The Labute approximate surface area is 280 Å². The molecule has 0 radical (unpaired) electrons. The SMILES string of the molecule is Cc1cnc(-c2ccc3c(c2)B2c4cc(Oc5ccccn5)ccc4N(c4ccccc4)c4cccc(c42)N3c2ccccc2)c(C)c1. The molecule has 0 N–H and O–H groups in total. The Kier molecular flexibility index (Phi) is 6.61. The number of hydrogen-bond acceptors (Lipinski definition) is 5. The van der Waals surface area contributed by atoms with E-state index in [-0.39, 0.29) is 6.71 Å². The Balaban J connectivity index is 1.33. The summed E-state index contributed by atoms with van der Waals surface area (Å²) in [6.07, 6.45) is 3.71. The molecule has 2 aromatic heterocycles. The highest BCUT2D eigenvalue weighted by atomic mass is 16.5. The Morgan fingerprint density at radius 2 is 1.21 bits per heavy atom. The molecule has 0 saturated heterocycles. The molecular weight excluding hydrogens is 587 g/mol. The minimum Gasteiger partial charge on any atom is -0.439 e. The number of anilines is 6. The van der Waals surface area contributed by atoms with E-state index in [1.165, 1.54) is 16.4 Å². The van der Waals surface area contributed by atoms with Gasteiger partial charge >= 0.3 is 0 Å². The molecule has 0 fully saturated rings. The molecule has 5 nitrogen and oxygen atoms in total. The van der Waals surface area contributed by atoms with Crippen molar-refractivity contribution in [1.82, 2.24) is 9.97 Å². The number of aryl methyl sites for hydroxylation is 2. The van der Waals surface area contributed by atoms with Gasteiger partial charge in [0.2, 0.25) is 5.88 Å². The topological polar surface area (TPSA) is 41.5 Å². The zero-order valence-corrected chi connectivity index (χ0v) is 26.7. The van der Waals surface area contributed by atoms with Crippen molar-refractivity contribution in [1.29, 1.82) is 0 Å². The summed E-state index contributed by atoms with van der Waals surface area (Å²) in [5.41, 5.74) is 14.9. The number of para-hydroxylation sites is 2. The van der Waals surface area contributed by atoms with Crippen LogP contribution in [0.4, 0.5) is 34.1 Å². The van der Waals surface area contributed by atoms with E-state index in [0.29, 0.717) is 5.88 Å². The fourth-order valence-electron chi connectivity index (χ4n) is 7.39. The van der Waals surface area contributed by atoms with Gasteiger partial charge in [0.1, 0.15) is 5.75 Å². The van der Waals surface area contributed by atoms with Gasteiger partial charge in [0.05, 0.1) is 5.69 Å². The number of aromatic nitrogens is 2. The fraction of sp³-hybridized carbons (Fsp3) is 0.0476. The van der Waals surface area contributed by atoms with Crippen LogP contribution in [-0.2, 0) is 0 Å². The van der Waals surface area contributed by atoms with E-state index in [1.54, 1.807) is 6.20 Å². The minimum absolute atomic E-state index is 0.0564. The maximum Gasteiger partial charge on any atom is 0.252 e. The van der Waals surface area contributed by atoms with E-state index >= 15 is 0 Å². The number of fused-ring (bicyclic) bond motifs is 4. The van der Waals surface area contributed by atoms with Crippen LogP contribution in [0, 0.1) is 13.8 Å². The van der Waals surface area contributed by atoms with Gasteiger partial charge in [-0.2, -0.15) is 0 Å². The monoisotopic (exact) mass is 618 g/mol. The first-order valence-corrected chi connectivity index (χ1v) is 16.3. The van der Waals surface area contributed by atoms with Gasteiger partial charge in [0, 0.05) is 58.1 Å². The maximum atomic E-state index is 6.36. The Morgan fingerprint density at radius 3 is 1.85 bits per heavy atom. The van der Waals surface area contributed by atoms with Crippen molar-refractivity contribution in [3.8, 4) is 22.9 Å². The van der Waals surface area contributed by atoms with Crippen molar-refractivity contribution in [3.05, 3.63) is 163 Å². The lowest BCUT2D eigenvalue weighted by Gasteiger charge is -2.44. The molecule has 48 heavy (non-hydrogen) atoms. The third-order valence-corrected chi connectivity index (χ3v) is 9.34. The highest BCUT2D eigenvalue weighted by Gasteiger charge is 2.43. The quantitative estimate of drug-likeness (QED) is 0.181. The second-order valence-corrected chi connectivity index (χ2v) is 12.4. The number of rotatable bonds is 5. The maximum absolute atomic E-state index is 6.36. The molecule has 0 unspecified atom stereocenters. The number of ether oxygens (including phenoxy) is 1. The predicted octanol–water partition coefficient (Wildman–Crippen LogP) is 8.64. The van der Waals surface area contributed by atoms with Crippen molar-refractivity contribution in [2.45, 2.75) is 13.8 Å². The van der Waals surface area contributed by atoms with Gasteiger partial charge in [0.15, 0.2) is 0 Å². The van der Waals surface area contributed by atoms with Crippen LogP contribution in [0.1, 0.15) is 11.1 Å². The lowest BCUT2D eigenvalue weighted by Crippen LogP contribution is -2.61. The van der Waals surface area contributed by atoms with Crippen LogP contribution in [0.25, 0.3) is 11.3 Å². The smallest absolute Gasteiger partial charge is 0.252 e. The van der Waals surface area contributed by atoms with Crippen LogP contribution in [0.2, 0.25) is 0 Å². The molecule has 2 aliphatic rings. The largest absolute Gasteiger partial charge is 0.439 e. The summed E-state index contributed by atoms with van der Waals surface area (Å²) in [6, 6.07) is 49.2. The summed E-state index contributed by atoms with van der Waals surface area (Å²) < 4.78 is 6.36. The van der Waals surface area contributed by atoms with E-state index in [9.17, 15) is 0 Å².